The minimum absolute atomic E-state index is 0.428. The molecule has 2 heterocycles. The highest BCUT2D eigenvalue weighted by Gasteiger charge is 2.57. The van der Waals surface area contributed by atoms with Crippen LogP contribution in [0.5, 0.6) is 0 Å². The first-order valence-electron chi connectivity index (χ1n) is 7.21. The van der Waals surface area contributed by atoms with Gasteiger partial charge in [-0.05, 0) is 12.8 Å². The molecule has 0 amide bonds. The van der Waals surface area contributed by atoms with Crippen LogP contribution in [0.1, 0.15) is 19.8 Å². The molecule has 0 spiro atoms. The number of thioether (sulfide) groups is 1. The summed E-state index contributed by atoms with van der Waals surface area (Å²) in [5.41, 5.74) is 1.41. The van der Waals surface area contributed by atoms with Gasteiger partial charge in [-0.15, -0.1) is 11.8 Å². The molecule has 6 nitrogen and oxygen atoms in total. The lowest BCUT2D eigenvalue weighted by Crippen LogP contribution is -2.53. The molecule has 0 aromatic rings. The average Bonchev–Trinajstić information content (AvgIpc) is 3.07. The van der Waals surface area contributed by atoms with E-state index in [4.69, 9.17) is 9.47 Å². The van der Waals surface area contributed by atoms with Crippen molar-refractivity contribution in [2.75, 3.05) is 33.1 Å². The van der Waals surface area contributed by atoms with Crippen molar-refractivity contribution in [2.24, 2.45) is 5.92 Å². The van der Waals surface area contributed by atoms with Crippen molar-refractivity contribution >= 4 is 23.7 Å². The van der Waals surface area contributed by atoms with Crippen molar-refractivity contribution in [3.63, 3.8) is 0 Å². The summed E-state index contributed by atoms with van der Waals surface area (Å²) in [6.07, 6.45) is 2.20. The average molecular weight is 324 g/mol. The first kappa shape index (κ1) is 16.7. The second-order valence-corrected chi connectivity index (χ2v) is 6.62. The maximum atomic E-state index is 12.3. The smallest absolute Gasteiger partial charge is 0.334 e. The van der Waals surface area contributed by atoms with Crippen LogP contribution in [0.4, 0.5) is 0 Å². The first-order chi connectivity index (χ1) is 10.5. The monoisotopic (exact) mass is 324 g/mol. The van der Waals surface area contributed by atoms with Gasteiger partial charge in [-0.3, -0.25) is 0 Å². The fourth-order valence-corrected chi connectivity index (χ4v) is 4.58. The Morgan fingerprint density at radius 1 is 1.27 bits per heavy atom. The fourth-order valence-electron chi connectivity index (χ4n) is 3.11. The molecule has 0 aliphatic carbocycles. The molecule has 0 bridgehead atoms. The number of hydrogen-bond acceptors (Lipinski definition) is 7. The third-order valence-corrected chi connectivity index (χ3v) is 5.94. The number of esters is 2. The molecule has 120 valence electrons. The second-order valence-electron chi connectivity index (χ2n) is 5.40. The molecule has 0 aromatic heterocycles. The standard InChI is InChI=1S/C15H20N2O4S/c1-10-11(8-16)12(17-6-4-5-7-17)9-22-15(10,13(18)20-2)14(19)21-3/h10H,4-7,9H2,1-3H3. The molecule has 1 atom stereocenters. The number of rotatable bonds is 3. The molecule has 2 aliphatic rings. The summed E-state index contributed by atoms with van der Waals surface area (Å²) >= 11 is 1.20. The van der Waals surface area contributed by atoms with Crippen LogP contribution in [-0.2, 0) is 19.1 Å². The van der Waals surface area contributed by atoms with Crippen LogP contribution in [0.25, 0.3) is 0 Å². The number of nitrogens with zero attached hydrogens (tertiary/aromatic N) is 2. The Hall–Kier alpha value is -1.68. The number of methoxy groups -OCH3 is 2. The Balaban J connectivity index is 2.47. The fraction of sp³-hybridized carbons (Fsp3) is 0.667. The molecule has 2 aliphatic heterocycles. The molecule has 0 saturated carbocycles. The zero-order valence-electron chi connectivity index (χ0n) is 13.0. The topological polar surface area (TPSA) is 79.6 Å². The Morgan fingerprint density at radius 2 is 1.82 bits per heavy atom. The lowest BCUT2D eigenvalue weighted by atomic mass is 9.85. The summed E-state index contributed by atoms with van der Waals surface area (Å²) in [5.74, 6) is -1.49. The second kappa shape index (κ2) is 6.61. The van der Waals surface area contributed by atoms with E-state index < -0.39 is 22.6 Å². The van der Waals surface area contributed by atoms with Crippen molar-refractivity contribution in [1.29, 1.82) is 5.26 Å². The van der Waals surface area contributed by atoms with Gasteiger partial charge in [0.2, 0.25) is 4.75 Å². The van der Waals surface area contributed by atoms with Crippen LogP contribution in [0, 0.1) is 17.2 Å². The van der Waals surface area contributed by atoms with Gasteiger partial charge in [0.15, 0.2) is 0 Å². The molecule has 7 heteroatoms. The summed E-state index contributed by atoms with van der Waals surface area (Å²) < 4.78 is 8.17. The molecule has 1 fully saturated rings. The van der Waals surface area contributed by atoms with Crippen LogP contribution in [-0.4, -0.2) is 54.6 Å². The summed E-state index contributed by atoms with van der Waals surface area (Å²) in [6.45, 7) is 3.54. The van der Waals surface area contributed by atoms with Crippen LogP contribution >= 0.6 is 11.8 Å². The molecule has 0 N–H and O–H groups in total. The van der Waals surface area contributed by atoms with E-state index in [-0.39, 0.29) is 0 Å². The normalized spacial score (nSPS) is 23.9. The summed E-state index contributed by atoms with van der Waals surface area (Å²) in [4.78, 5) is 26.8. The van der Waals surface area contributed by atoms with E-state index in [1.54, 1.807) is 6.92 Å². The van der Waals surface area contributed by atoms with Crippen molar-refractivity contribution < 1.29 is 19.1 Å². The molecular formula is C15H20N2O4S. The Kier molecular flexibility index (Phi) is 5.01. The predicted molar refractivity (Wildman–Crippen MR) is 81.8 cm³/mol. The number of carbonyl (C=O) groups is 2. The molecule has 1 unspecified atom stereocenters. The number of hydrogen-bond donors (Lipinski definition) is 0. The summed E-state index contributed by atoms with van der Waals surface area (Å²) in [7, 11) is 2.48. The Labute approximate surface area is 134 Å². The lowest BCUT2D eigenvalue weighted by Gasteiger charge is -2.39. The molecule has 0 radical (unpaired) electrons. The maximum absolute atomic E-state index is 12.3. The van der Waals surface area contributed by atoms with Gasteiger partial charge >= 0.3 is 11.9 Å². The number of ether oxygens (including phenoxy) is 2. The third-order valence-electron chi connectivity index (χ3n) is 4.38. The maximum Gasteiger partial charge on any atom is 0.334 e. The van der Waals surface area contributed by atoms with Gasteiger partial charge in [0, 0.05) is 30.5 Å². The molecule has 0 aromatic carbocycles. The van der Waals surface area contributed by atoms with Gasteiger partial charge in [-0.25, -0.2) is 9.59 Å². The minimum Gasteiger partial charge on any atom is -0.468 e. The zero-order chi connectivity index (χ0) is 16.3. The Morgan fingerprint density at radius 3 is 2.27 bits per heavy atom. The van der Waals surface area contributed by atoms with Gasteiger partial charge in [-0.1, -0.05) is 6.92 Å². The molecule has 2 rings (SSSR count). The third kappa shape index (κ3) is 2.45. The SMILES string of the molecule is COC(=O)C1(C(=O)OC)SCC(N2CCCC2)=C(C#N)C1C. The highest BCUT2D eigenvalue weighted by molar-refractivity contribution is 8.02. The van der Waals surface area contributed by atoms with E-state index in [1.165, 1.54) is 26.0 Å². The van der Waals surface area contributed by atoms with Crippen LogP contribution < -0.4 is 0 Å². The number of likely N-dealkylation sites (tertiary alicyclic amines) is 1. The van der Waals surface area contributed by atoms with Crippen molar-refractivity contribution in [3.8, 4) is 6.07 Å². The number of carbonyl (C=O) groups excluding carboxylic acids is 2. The predicted octanol–water partition coefficient (Wildman–Crippen LogP) is 1.33. The molecule has 1 saturated heterocycles. The summed E-state index contributed by atoms with van der Waals surface area (Å²) in [6, 6.07) is 2.20. The van der Waals surface area contributed by atoms with Gasteiger partial charge in [-0.2, -0.15) is 5.26 Å². The minimum atomic E-state index is -1.50. The number of nitriles is 1. The van der Waals surface area contributed by atoms with Crippen molar-refractivity contribution in [2.45, 2.75) is 24.5 Å². The Bertz CT molecular complexity index is 530. The van der Waals surface area contributed by atoms with Crippen LogP contribution in [0.3, 0.4) is 0 Å². The van der Waals surface area contributed by atoms with Crippen molar-refractivity contribution in [1.82, 2.24) is 4.90 Å². The van der Waals surface area contributed by atoms with E-state index in [9.17, 15) is 14.9 Å². The quantitative estimate of drug-likeness (QED) is 0.572. The van der Waals surface area contributed by atoms with Gasteiger partial charge < -0.3 is 14.4 Å². The zero-order valence-corrected chi connectivity index (χ0v) is 13.9. The van der Waals surface area contributed by atoms with Crippen molar-refractivity contribution in [3.05, 3.63) is 11.3 Å². The van der Waals surface area contributed by atoms with Crippen LogP contribution in [0.2, 0.25) is 0 Å². The largest absolute Gasteiger partial charge is 0.468 e. The lowest BCUT2D eigenvalue weighted by molar-refractivity contribution is -0.157. The summed E-state index contributed by atoms with van der Waals surface area (Å²) in [5, 5.41) is 9.59. The van der Waals surface area contributed by atoms with Gasteiger partial charge in [0.1, 0.15) is 0 Å². The van der Waals surface area contributed by atoms with Gasteiger partial charge in [0.05, 0.1) is 25.9 Å². The van der Waals surface area contributed by atoms with Gasteiger partial charge in [0.25, 0.3) is 0 Å². The van der Waals surface area contributed by atoms with E-state index in [2.05, 4.69) is 11.0 Å². The molecule has 22 heavy (non-hydrogen) atoms. The number of allylic oxidation sites excluding steroid dienone is 1. The highest BCUT2D eigenvalue weighted by atomic mass is 32.2. The molecular weight excluding hydrogens is 304 g/mol. The highest BCUT2D eigenvalue weighted by Crippen LogP contribution is 2.46. The van der Waals surface area contributed by atoms with E-state index in [1.807, 2.05) is 0 Å². The van der Waals surface area contributed by atoms with E-state index in [0.29, 0.717) is 11.3 Å². The van der Waals surface area contributed by atoms with Crippen LogP contribution in [0.15, 0.2) is 11.3 Å². The van der Waals surface area contributed by atoms with E-state index in [0.717, 1.165) is 31.6 Å². The first-order valence-corrected chi connectivity index (χ1v) is 8.20. The van der Waals surface area contributed by atoms with E-state index >= 15 is 0 Å².